The average molecular weight is 356 g/mol. The van der Waals surface area contributed by atoms with E-state index in [0.29, 0.717) is 10.0 Å². The monoisotopic (exact) mass is 355 g/mol. The SMILES string of the molecule is CN=C(NCCC1=CCOCC1)NC(C)c1ccc(Cl)cc1Cl. The lowest BCUT2D eigenvalue weighted by Crippen LogP contribution is -2.39. The molecule has 0 aliphatic carbocycles. The predicted molar refractivity (Wildman–Crippen MR) is 97.5 cm³/mol. The number of nitrogens with one attached hydrogen (secondary N) is 2. The Morgan fingerprint density at radius 3 is 2.87 bits per heavy atom. The van der Waals surface area contributed by atoms with E-state index in [4.69, 9.17) is 27.9 Å². The third kappa shape index (κ3) is 5.72. The van der Waals surface area contributed by atoms with Crippen molar-refractivity contribution in [3.8, 4) is 0 Å². The summed E-state index contributed by atoms with van der Waals surface area (Å²) in [5.41, 5.74) is 2.43. The second kappa shape index (κ2) is 9.16. The van der Waals surface area contributed by atoms with Gasteiger partial charge in [-0.15, -0.1) is 0 Å². The first kappa shape index (κ1) is 18.1. The Balaban J connectivity index is 1.85. The molecule has 1 aliphatic rings. The Morgan fingerprint density at radius 2 is 2.22 bits per heavy atom. The molecule has 0 saturated carbocycles. The molecule has 0 fully saturated rings. The van der Waals surface area contributed by atoms with Gasteiger partial charge in [-0.05, 0) is 37.5 Å². The number of guanidine groups is 1. The molecule has 0 saturated heterocycles. The number of nitrogens with zero attached hydrogens (tertiary/aromatic N) is 1. The maximum absolute atomic E-state index is 6.25. The molecule has 0 amide bonds. The van der Waals surface area contributed by atoms with Gasteiger partial charge >= 0.3 is 0 Å². The van der Waals surface area contributed by atoms with E-state index in [9.17, 15) is 0 Å². The predicted octanol–water partition coefficient (Wildman–Crippen LogP) is 3.96. The summed E-state index contributed by atoms with van der Waals surface area (Å²) in [7, 11) is 1.76. The number of hydrogen-bond acceptors (Lipinski definition) is 2. The Hall–Kier alpha value is -1.23. The first-order valence-electron chi connectivity index (χ1n) is 7.78. The van der Waals surface area contributed by atoms with Gasteiger partial charge in [-0.3, -0.25) is 4.99 Å². The minimum atomic E-state index is 0.0354. The van der Waals surface area contributed by atoms with Crippen molar-refractivity contribution in [2.24, 2.45) is 4.99 Å². The Bertz CT molecular complexity index is 587. The van der Waals surface area contributed by atoms with Crippen molar-refractivity contribution in [2.45, 2.75) is 25.8 Å². The molecule has 2 N–H and O–H groups in total. The van der Waals surface area contributed by atoms with Gasteiger partial charge in [0.25, 0.3) is 0 Å². The zero-order valence-electron chi connectivity index (χ0n) is 13.5. The molecule has 1 unspecified atom stereocenters. The molecular formula is C17H23Cl2N3O. The van der Waals surface area contributed by atoms with Crippen LogP contribution < -0.4 is 10.6 Å². The number of aliphatic imine (C=N–C) groups is 1. The highest BCUT2D eigenvalue weighted by atomic mass is 35.5. The third-order valence-corrected chi connectivity index (χ3v) is 4.36. The highest BCUT2D eigenvalue weighted by Gasteiger charge is 2.12. The van der Waals surface area contributed by atoms with E-state index in [1.807, 2.05) is 19.1 Å². The van der Waals surface area contributed by atoms with Crippen LogP contribution in [0.15, 0.2) is 34.8 Å². The second-order valence-electron chi connectivity index (χ2n) is 5.47. The van der Waals surface area contributed by atoms with Crippen molar-refractivity contribution in [3.05, 3.63) is 45.5 Å². The Morgan fingerprint density at radius 1 is 1.39 bits per heavy atom. The lowest BCUT2D eigenvalue weighted by Gasteiger charge is -2.20. The van der Waals surface area contributed by atoms with Crippen LogP contribution in [0.3, 0.4) is 0 Å². The van der Waals surface area contributed by atoms with Crippen LogP contribution in [0.1, 0.15) is 31.4 Å². The van der Waals surface area contributed by atoms with E-state index in [1.165, 1.54) is 5.57 Å². The van der Waals surface area contributed by atoms with Crippen LogP contribution in [0.4, 0.5) is 0 Å². The molecule has 1 atom stereocenters. The van der Waals surface area contributed by atoms with Crippen molar-refractivity contribution in [3.63, 3.8) is 0 Å². The van der Waals surface area contributed by atoms with Gasteiger partial charge in [0.2, 0.25) is 0 Å². The van der Waals surface area contributed by atoms with Crippen LogP contribution in [0.25, 0.3) is 0 Å². The molecule has 23 heavy (non-hydrogen) atoms. The van der Waals surface area contributed by atoms with Crippen molar-refractivity contribution < 1.29 is 4.74 Å². The summed E-state index contributed by atoms with van der Waals surface area (Å²) in [5.74, 6) is 0.760. The normalized spacial score (nSPS) is 16.7. The summed E-state index contributed by atoms with van der Waals surface area (Å²) in [6.45, 7) is 4.44. The van der Waals surface area contributed by atoms with Gasteiger partial charge in [-0.25, -0.2) is 0 Å². The molecule has 6 heteroatoms. The fraction of sp³-hybridized carbons (Fsp3) is 0.471. The summed E-state index contributed by atoms with van der Waals surface area (Å²) in [4.78, 5) is 4.26. The van der Waals surface area contributed by atoms with Crippen molar-refractivity contribution >= 4 is 29.2 Å². The quantitative estimate of drug-likeness (QED) is 0.477. The molecule has 1 aromatic carbocycles. The lowest BCUT2D eigenvalue weighted by molar-refractivity contribution is 0.153. The summed E-state index contributed by atoms with van der Waals surface area (Å²) in [5, 5.41) is 7.97. The molecule has 4 nitrogen and oxygen atoms in total. The molecule has 0 radical (unpaired) electrons. The zero-order chi connectivity index (χ0) is 16.7. The van der Waals surface area contributed by atoms with Crippen LogP contribution in [0, 0.1) is 0 Å². The molecule has 0 bridgehead atoms. The summed E-state index contributed by atoms with van der Waals surface area (Å²) in [6, 6.07) is 5.56. The zero-order valence-corrected chi connectivity index (χ0v) is 15.0. The molecule has 0 spiro atoms. The van der Waals surface area contributed by atoms with Crippen LogP contribution in [-0.4, -0.2) is 32.8 Å². The number of rotatable bonds is 5. The standard InChI is InChI=1S/C17H23Cl2N3O/c1-12(15-4-3-14(18)11-16(15)19)22-17(20-2)21-8-5-13-6-9-23-10-7-13/h3-4,6,11-12H,5,7-10H2,1-2H3,(H2,20,21,22). The van der Waals surface area contributed by atoms with Crippen molar-refractivity contribution in [1.82, 2.24) is 10.6 Å². The molecule has 2 rings (SSSR count). The van der Waals surface area contributed by atoms with E-state index in [2.05, 4.69) is 21.7 Å². The van der Waals surface area contributed by atoms with Crippen molar-refractivity contribution in [1.29, 1.82) is 0 Å². The minimum Gasteiger partial charge on any atom is -0.377 e. The lowest BCUT2D eigenvalue weighted by atomic mass is 10.1. The van der Waals surface area contributed by atoms with E-state index in [-0.39, 0.29) is 6.04 Å². The van der Waals surface area contributed by atoms with E-state index in [1.54, 1.807) is 13.1 Å². The first-order valence-corrected chi connectivity index (χ1v) is 8.53. The van der Waals surface area contributed by atoms with Gasteiger partial charge in [-0.1, -0.05) is 40.9 Å². The van der Waals surface area contributed by atoms with E-state index in [0.717, 1.165) is 44.1 Å². The van der Waals surface area contributed by atoms with E-state index < -0.39 is 0 Å². The van der Waals surface area contributed by atoms with Gasteiger partial charge in [0.1, 0.15) is 0 Å². The highest BCUT2D eigenvalue weighted by Crippen LogP contribution is 2.25. The Labute approximate surface area is 147 Å². The topological polar surface area (TPSA) is 45.7 Å². The number of ether oxygens (including phenoxy) is 1. The van der Waals surface area contributed by atoms with Crippen LogP contribution in [0.5, 0.6) is 0 Å². The molecule has 1 aliphatic heterocycles. The summed E-state index contributed by atoms with van der Waals surface area (Å²) >= 11 is 12.2. The maximum Gasteiger partial charge on any atom is 0.191 e. The van der Waals surface area contributed by atoms with Crippen molar-refractivity contribution in [2.75, 3.05) is 26.8 Å². The number of halogens is 2. The number of hydrogen-bond donors (Lipinski definition) is 2. The molecule has 1 heterocycles. The smallest absolute Gasteiger partial charge is 0.191 e. The highest BCUT2D eigenvalue weighted by molar-refractivity contribution is 6.35. The fourth-order valence-corrected chi connectivity index (χ4v) is 3.04. The average Bonchev–Trinajstić information content (AvgIpc) is 2.54. The largest absolute Gasteiger partial charge is 0.377 e. The van der Waals surface area contributed by atoms with Gasteiger partial charge in [-0.2, -0.15) is 0 Å². The van der Waals surface area contributed by atoms with E-state index >= 15 is 0 Å². The first-order chi connectivity index (χ1) is 11.1. The molecular weight excluding hydrogens is 333 g/mol. The molecule has 126 valence electrons. The van der Waals surface area contributed by atoms with Gasteiger partial charge in [0, 0.05) is 23.6 Å². The Kier molecular flexibility index (Phi) is 7.21. The second-order valence-corrected chi connectivity index (χ2v) is 6.31. The van der Waals surface area contributed by atoms with Gasteiger partial charge in [0.05, 0.1) is 19.3 Å². The molecule has 1 aromatic rings. The minimum absolute atomic E-state index is 0.0354. The van der Waals surface area contributed by atoms with Gasteiger partial charge in [0.15, 0.2) is 5.96 Å². The summed E-state index contributed by atoms with van der Waals surface area (Å²) in [6.07, 6.45) is 4.18. The number of benzene rings is 1. The van der Waals surface area contributed by atoms with Crippen LogP contribution in [0.2, 0.25) is 10.0 Å². The van der Waals surface area contributed by atoms with Gasteiger partial charge < -0.3 is 15.4 Å². The fourth-order valence-electron chi connectivity index (χ4n) is 2.46. The van der Waals surface area contributed by atoms with Crippen LogP contribution in [-0.2, 0) is 4.74 Å². The maximum atomic E-state index is 6.25. The molecule has 0 aromatic heterocycles. The van der Waals surface area contributed by atoms with Crippen LogP contribution >= 0.6 is 23.2 Å². The summed E-state index contributed by atoms with van der Waals surface area (Å²) < 4.78 is 5.31. The third-order valence-electron chi connectivity index (χ3n) is 3.80.